The third-order valence-corrected chi connectivity index (χ3v) is 2.79. The molecular formula is C12H28BNO3. The standard InChI is InChI=1S/C12H28BNO3/c1-2-3-4-5-6-7-8-9-10-11-14-12-17-13(15)16/h14-16H,2-12H2,1H3. The Morgan fingerprint density at radius 2 is 1.41 bits per heavy atom. The second-order valence-electron chi connectivity index (χ2n) is 4.47. The molecule has 0 rings (SSSR count). The van der Waals surface area contributed by atoms with Crippen LogP contribution in [0.2, 0.25) is 0 Å². The fraction of sp³-hybridized carbons (Fsp3) is 1.00. The first-order chi connectivity index (χ1) is 8.27. The molecule has 0 saturated heterocycles. The van der Waals surface area contributed by atoms with Crippen LogP contribution in [-0.2, 0) is 4.65 Å². The Labute approximate surface area is 106 Å². The number of unbranched alkanes of at least 4 members (excludes halogenated alkanes) is 8. The highest BCUT2D eigenvalue weighted by Crippen LogP contribution is 2.09. The zero-order valence-corrected chi connectivity index (χ0v) is 11.2. The molecule has 0 heterocycles. The van der Waals surface area contributed by atoms with E-state index in [1.54, 1.807) is 0 Å². The average molecular weight is 245 g/mol. The average Bonchev–Trinajstić information content (AvgIpc) is 2.30. The van der Waals surface area contributed by atoms with Crippen LogP contribution in [0.3, 0.4) is 0 Å². The van der Waals surface area contributed by atoms with Crippen LogP contribution >= 0.6 is 0 Å². The van der Waals surface area contributed by atoms with Gasteiger partial charge in [0.1, 0.15) is 0 Å². The Hall–Kier alpha value is -0.0951. The lowest BCUT2D eigenvalue weighted by atomic mass is 10.1. The van der Waals surface area contributed by atoms with Crippen molar-refractivity contribution in [2.24, 2.45) is 0 Å². The zero-order valence-electron chi connectivity index (χ0n) is 11.2. The Morgan fingerprint density at radius 3 is 1.94 bits per heavy atom. The first-order valence-electron chi connectivity index (χ1n) is 6.95. The first-order valence-corrected chi connectivity index (χ1v) is 6.95. The smallest absolute Gasteiger partial charge is 0.402 e. The molecule has 5 heteroatoms. The number of hydrogen-bond acceptors (Lipinski definition) is 4. The fourth-order valence-corrected chi connectivity index (χ4v) is 1.77. The lowest BCUT2D eigenvalue weighted by Gasteiger charge is -2.05. The van der Waals surface area contributed by atoms with Crippen molar-refractivity contribution in [3.8, 4) is 0 Å². The lowest BCUT2D eigenvalue weighted by molar-refractivity contribution is 0.171. The van der Waals surface area contributed by atoms with E-state index in [0.717, 1.165) is 13.0 Å². The van der Waals surface area contributed by atoms with Gasteiger partial charge in [-0.1, -0.05) is 58.3 Å². The topological polar surface area (TPSA) is 61.7 Å². The second-order valence-corrected chi connectivity index (χ2v) is 4.47. The summed E-state index contributed by atoms with van der Waals surface area (Å²) in [5, 5.41) is 19.8. The maximum Gasteiger partial charge on any atom is 0.634 e. The second kappa shape index (κ2) is 14.0. The van der Waals surface area contributed by atoms with Gasteiger partial charge in [-0.3, -0.25) is 5.32 Å². The lowest BCUT2D eigenvalue weighted by Crippen LogP contribution is -2.26. The third kappa shape index (κ3) is 15.9. The van der Waals surface area contributed by atoms with Crippen LogP contribution in [0.1, 0.15) is 64.7 Å². The molecule has 0 unspecified atom stereocenters. The van der Waals surface area contributed by atoms with E-state index in [9.17, 15) is 0 Å². The van der Waals surface area contributed by atoms with Gasteiger partial charge in [0, 0.05) is 0 Å². The van der Waals surface area contributed by atoms with E-state index in [1.165, 1.54) is 51.4 Å². The van der Waals surface area contributed by atoms with E-state index in [0.29, 0.717) is 0 Å². The molecule has 0 aromatic heterocycles. The van der Waals surface area contributed by atoms with Gasteiger partial charge in [-0.15, -0.1) is 0 Å². The minimum atomic E-state index is -1.66. The van der Waals surface area contributed by atoms with Crippen molar-refractivity contribution in [1.29, 1.82) is 0 Å². The summed E-state index contributed by atoms with van der Waals surface area (Å²) >= 11 is 0. The summed E-state index contributed by atoms with van der Waals surface area (Å²) in [5.74, 6) is 0. The van der Waals surface area contributed by atoms with E-state index >= 15 is 0 Å². The highest BCUT2D eigenvalue weighted by Gasteiger charge is 2.05. The summed E-state index contributed by atoms with van der Waals surface area (Å²) in [4.78, 5) is 0. The summed E-state index contributed by atoms with van der Waals surface area (Å²) in [7, 11) is -1.66. The molecule has 3 N–H and O–H groups in total. The quantitative estimate of drug-likeness (QED) is 0.264. The van der Waals surface area contributed by atoms with E-state index in [-0.39, 0.29) is 6.73 Å². The largest absolute Gasteiger partial charge is 0.634 e. The highest BCUT2D eigenvalue weighted by molar-refractivity contribution is 6.32. The molecule has 0 aliphatic heterocycles. The predicted molar refractivity (Wildman–Crippen MR) is 71.4 cm³/mol. The van der Waals surface area contributed by atoms with E-state index < -0.39 is 7.32 Å². The number of rotatable bonds is 13. The highest BCUT2D eigenvalue weighted by atomic mass is 16.6. The zero-order chi connectivity index (χ0) is 12.8. The molecule has 0 atom stereocenters. The van der Waals surface area contributed by atoms with Crippen molar-refractivity contribution in [3.63, 3.8) is 0 Å². The van der Waals surface area contributed by atoms with E-state index in [2.05, 4.69) is 16.9 Å². The molecule has 17 heavy (non-hydrogen) atoms. The monoisotopic (exact) mass is 245 g/mol. The van der Waals surface area contributed by atoms with Crippen LogP contribution in [0.4, 0.5) is 0 Å². The van der Waals surface area contributed by atoms with Crippen LogP contribution in [0, 0.1) is 0 Å². The summed E-state index contributed by atoms with van der Waals surface area (Å²) in [6, 6.07) is 0. The van der Waals surface area contributed by atoms with Gasteiger partial charge in [0.2, 0.25) is 0 Å². The van der Waals surface area contributed by atoms with Gasteiger partial charge in [0.05, 0.1) is 6.73 Å². The van der Waals surface area contributed by atoms with Gasteiger partial charge in [-0.2, -0.15) is 0 Å². The third-order valence-electron chi connectivity index (χ3n) is 2.79. The van der Waals surface area contributed by atoms with Crippen LogP contribution in [-0.4, -0.2) is 30.6 Å². The van der Waals surface area contributed by atoms with Crippen molar-refractivity contribution in [2.75, 3.05) is 13.3 Å². The van der Waals surface area contributed by atoms with Crippen molar-refractivity contribution >= 4 is 7.32 Å². The maximum absolute atomic E-state index is 8.41. The summed E-state index contributed by atoms with van der Waals surface area (Å²) in [6.45, 7) is 3.32. The normalized spacial score (nSPS) is 10.8. The van der Waals surface area contributed by atoms with Crippen molar-refractivity contribution in [1.82, 2.24) is 5.32 Å². The molecule has 0 saturated carbocycles. The van der Waals surface area contributed by atoms with Gasteiger partial charge in [0.25, 0.3) is 0 Å². The van der Waals surface area contributed by atoms with Crippen LogP contribution < -0.4 is 5.32 Å². The Morgan fingerprint density at radius 1 is 0.882 bits per heavy atom. The molecule has 0 spiro atoms. The van der Waals surface area contributed by atoms with Crippen molar-refractivity contribution < 1.29 is 14.7 Å². The van der Waals surface area contributed by atoms with Crippen LogP contribution in [0.25, 0.3) is 0 Å². The fourth-order valence-electron chi connectivity index (χ4n) is 1.77. The Kier molecular flexibility index (Phi) is 13.9. The number of nitrogens with one attached hydrogen (secondary N) is 1. The van der Waals surface area contributed by atoms with Gasteiger partial charge in [0.15, 0.2) is 0 Å². The van der Waals surface area contributed by atoms with Crippen LogP contribution in [0.15, 0.2) is 0 Å². The summed E-state index contributed by atoms with van der Waals surface area (Å²) in [6.07, 6.45) is 11.8. The molecule has 0 fully saturated rings. The molecule has 0 aromatic carbocycles. The Balaban J connectivity index is 2.89. The SMILES string of the molecule is CCCCCCCCCCCNCOB(O)O. The molecular weight excluding hydrogens is 217 g/mol. The number of hydrogen-bond donors (Lipinski definition) is 3. The molecule has 0 amide bonds. The van der Waals surface area contributed by atoms with Gasteiger partial charge in [-0.25, -0.2) is 0 Å². The molecule has 102 valence electrons. The van der Waals surface area contributed by atoms with Gasteiger partial charge >= 0.3 is 7.32 Å². The maximum atomic E-state index is 8.41. The van der Waals surface area contributed by atoms with Gasteiger partial charge in [-0.05, 0) is 13.0 Å². The van der Waals surface area contributed by atoms with Crippen LogP contribution in [0.5, 0.6) is 0 Å². The molecule has 4 nitrogen and oxygen atoms in total. The van der Waals surface area contributed by atoms with Gasteiger partial charge < -0.3 is 14.7 Å². The molecule has 0 aromatic rings. The summed E-state index contributed by atoms with van der Waals surface area (Å²) < 4.78 is 4.52. The molecule has 0 aliphatic rings. The predicted octanol–water partition coefficient (Wildman–Crippen LogP) is 2.05. The molecule has 0 bridgehead atoms. The molecule has 0 radical (unpaired) electrons. The first kappa shape index (κ1) is 16.9. The minimum Gasteiger partial charge on any atom is -0.402 e. The van der Waals surface area contributed by atoms with E-state index in [4.69, 9.17) is 10.0 Å². The van der Waals surface area contributed by atoms with Crippen molar-refractivity contribution in [3.05, 3.63) is 0 Å². The van der Waals surface area contributed by atoms with E-state index in [1.807, 2.05) is 0 Å². The minimum absolute atomic E-state index is 0.203. The summed E-state index contributed by atoms with van der Waals surface area (Å²) in [5.41, 5.74) is 0. The van der Waals surface area contributed by atoms with Crippen molar-refractivity contribution in [2.45, 2.75) is 64.7 Å². The molecule has 0 aliphatic carbocycles. The Bertz CT molecular complexity index is 148.